The molecule has 1 saturated heterocycles. The number of carbonyl (C=O) groups excluding carboxylic acids is 2. The van der Waals surface area contributed by atoms with E-state index in [1.54, 1.807) is 7.11 Å². The highest BCUT2D eigenvalue weighted by Gasteiger charge is 2.32. The molecule has 3 aromatic carbocycles. The highest BCUT2D eigenvalue weighted by atomic mass is 16.5. The molecule has 3 aromatic rings. The lowest BCUT2D eigenvalue weighted by molar-refractivity contribution is -0.134. The Morgan fingerprint density at radius 2 is 1.85 bits per heavy atom. The van der Waals surface area contributed by atoms with Gasteiger partial charge < -0.3 is 31.7 Å². The fourth-order valence-electron chi connectivity index (χ4n) is 4.97. The summed E-state index contributed by atoms with van der Waals surface area (Å²) >= 11 is 0. The van der Waals surface area contributed by atoms with Gasteiger partial charge in [-0.3, -0.25) is 14.6 Å². The normalized spacial score (nSPS) is 18.4. The fraction of sp³-hybridized carbons (Fsp3) is 0.367. The molecule has 39 heavy (non-hydrogen) atoms. The summed E-state index contributed by atoms with van der Waals surface area (Å²) < 4.78 is 5.76. The summed E-state index contributed by atoms with van der Waals surface area (Å²) in [6, 6.07) is 23.1. The van der Waals surface area contributed by atoms with E-state index >= 15 is 0 Å². The summed E-state index contributed by atoms with van der Waals surface area (Å²) in [6.45, 7) is 1.85. The van der Waals surface area contributed by atoms with E-state index in [1.165, 1.54) is 0 Å². The lowest BCUT2D eigenvalue weighted by Gasteiger charge is -2.28. The minimum absolute atomic E-state index is 0.0148. The Balaban J connectivity index is 1.43. The summed E-state index contributed by atoms with van der Waals surface area (Å²) in [5.74, 6) is -0.0827. The average molecular weight is 531 g/mol. The maximum Gasteiger partial charge on any atom is 0.251 e. The van der Waals surface area contributed by atoms with E-state index in [9.17, 15) is 9.59 Å². The van der Waals surface area contributed by atoms with Crippen molar-refractivity contribution in [1.82, 2.24) is 15.5 Å². The standard InChI is InChI=1S/C30H38N6O3/c1-39-27(22-9-3-2-4-10-22)20-36-17-15-25(35-26(29(36)38)12-7-16-33-30(31)32)19-34-28(37)24-14-13-21-8-5-6-11-23(21)18-24/h2-6,8-11,13-14,18,25-27,35H,7,12,15-17,19-20H2,1H3,(H,34,37)(H4,31,32,33)/t25-,26-,27?/m1/s1. The van der Waals surface area contributed by atoms with Crippen LogP contribution < -0.4 is 22.1 Å². The molecule has 0 radical (unpaired) electrons. The molecule has 6 N–H and O–H groups in total. The van der Waals surface area contributed by atoms with Crippen LogP contribution in [0.1, 0.15) is 41.3 Å². The molecule has 9 nitrogen and oxygen atoms in total. The molecule has 1 heterocycles. The molecule has 4 rings (SSSR count). The first-order valence-corrected chi connectivity index (χ1v) is 13.4. The zero-order chi connectivity index (χ0) is 27.6. The van der Waals surface area contributed by atoms with Crippen LogP contribution in [0.3, 0.4) is 0 Å². The van der Waals surface area contributed by atoms with E-state index in [-0.39, 0.29) is 29.9 Å². The van der Waals surface area contributed by atoms with Crippen LogP contribution in [0.5, 0.6) is 0 Å². The summed E-state index contributed by atoms with van der Waals surface area (Å²) in [6.07, 6.45) is 1.68. The van der Waals surface area contributed by atoms with Crippen LogP contribution in [0, 0.1) is 0 Å². The molecule has 0 bridgehead atoms. The summed E-state index contributed by atoms with van der Waals surface area (Å²) in [5, 5.41) is 8.66. The van der Waals surface area contributed by atoms with Gasteiger partial charge in [-0.1, -0.05) is 60.7 Å². The Hall–Kier alpha value is -3.95. The maximum absolute atomic E-state index is 13.6. The van der Waals surface area contributed by atoms with Crippen LogP contribution in [0.15, 0.2) is 77.8 Å². The van der Waals surface area contributed by atoms with E-state index < -0.39 is 6.04 Å². The van der Waals surface area contributed by atoms with Gasteiger partial charge in [0.1, 0.15) is 0 Å². The number of hydrogen-bond donors (Lipinski definition) is 4. The zero-order valence-electron chi connectivity index (χ0n) is 22.4. The molecule has 9 heteroatoms. The molecule has 0 spiro atoms. The number of hydrogen-bond acceptors (Lipinski definition) is 5. The molecule has 0 saturated carbocycles. The van der Waals surface area contributed by atoms with Crippen molar-refractivity contribution in [3.05, 3.63) is 83.9 Å². The zero-order valence-corrected chi connectivity index (χ0v) is 22.4. The molecule has 2 amide bonds. The van der Waals surface area contributed by atoms with Crippen molar-refractivity contribution in [1.29, 1.82) is 0 Å². The van der Waals surface area contributed by atoms with Gasteiger partial charge in [0, 0.05) is 38.3 Å². The predicted octanol–water partition coefficient (Wildman–Crippen LogP) is 2.57. The van der Waals surface area contributed by atoms with Crippen molar-refractivity contribution >= 4 is 28.5 Å². The van der Waals surface area contributed by atoms with Gasteiger partial charge in [0.2, 0.25) is 5.91 Å². The van der Waals surface area contributed by atoms with Gasteiger partial charge in [0.15, 0.2) is 5.96 Å². The Kier molecular flexibility index (Phi) is 9.88. The minimum Gasteiger partial charge on any atom is -0.375 e. The van der Waals surface area contributed by atoms with Crippen molar-refractivity contribution in [3.8, 4) is 0 Å². The number of ether oxygens (including phenoxy) is 1. The van der Waals surface area contributed by atoms with Crippen LogP contribution in [-0.2, 0) is 9.53 Å². The van der Waals surface area contributed by atoms with E-state index in [4.69, 9.17) is 16.2 Å². The van der Waals surface area contributed by atoms with Crippen LogP contribution in [-0.4, -0.2) is 68.0 Å². The first-order valence-electron chi connectivity index (χ1n) is 13.4. The first kappa shape index (κ1) is 28.1. The number of benzene rings is 3. The van der Waals surface area contributed by atoms with Gasteiger partial charge in [-0.05, 0) is 47.7 Å². The van der Waals surface area contributed by atoms with Crippen molar-refractivity contribution in [2.45, 2.75) is 37.5 Å². The molecule has 1 fully saturated rings. The smallest absolute Gasteiger partial charge is 0.251 e. The number of amides is 2. The summed E-state index contributed by atoms with van der Waals surface area (Å²) in [5.41, 5.74) is 12.6. The topological polar surface area (TPSA) is 135 Å². The molecule has 0 aliphatic carbocycles. The van der Waals surface area contributed by atoms with E-state index in [1.807, 2.05) is 77.7 Å². The van der Waals surface area contributed by atoms with Crippen molar-refractivity contribution in [2.75, 3.05) is 33.3 Å². The number of nitrogens with zero attached hydrogens (tertiary/aromatic N) is 2. The average Bonchev–Trinajstić information content (AvgIpc) is 3.10. The van der Waals surface area contributed by atoms with E-state index in [0.717, 1.165) is 16.3 Å². The Morgan fingerprint density at radius 1 is 1.10 bits per heavy atom. The second-order valence-corrected chi connectivity index (χ2v) is 9.84. The molecule has 1 unspecified atom stereocenters. The Labute approximate surface area is 229 Å². The molecule has 3 atom stereocenters. The number of nitrogens with two attached hydrogens (primary N) is 2. The summed E-state index contributed by atoms with van der Waals surface area (Å²) in [4.78, 5) is 32.5. The van der Waals surface area contributed by atoms with Crippen molar-refractivity contribution in [2.24, 2.45) is 16.5 Å². The van der Waals surface area contributed by atoms with Gasteiger partial charge in [-0.15, -0.1) is 0 Å². The van der Waals surface area contributed by atoms with Crippen LogP contribution >= 0.6 is 0 Å². The summed E-state index contributed by atoms with van der Waals surface area (Å²) in [7, 11) is 1.66. The van der Waals surface area contributed by atoms with Gasteiger partial charge in [-0.2, -0.15) is 0 Å². The third-order valence-corrected chi connectivity index (χ3v) is 7.10. The quantitative estimate of drug-likeness (QED) is 0.171. The van der Waals surface area contributed by atoms with E-state index in [2.05, 4.69) is 15.6 Å². The number of aliphatic imine (C=N–C) groups is 1. The predicted molar refractivity (Wildman–Crippen MR) is 154 cm³/mol. The first-order chi connectivity index (χ1) is 18.9. The SMILES string of the molecule is COC(CN1CC[C@H](CNC(=O)c2ccc3ccccc3c2)N[C@H](CCCN=C(N)N)C1=O)c1ccccc1. The number of carbonyl (C=O) groups is 2. The van der Waals surface area contributed by atoms with Gasteiger partial charge in [-0.25, -0.2) is 0 Å². The fourth-order valence-corrected chi connectivity index (χ4v) is 4.97. The van der Waals surface area contributed by atoms with E-state index in [0.29, 0.717) is 51.0 Å². The van der Waals surface area contributed by atoms with Crippen molar-refractivity contribution in [3.63, 3.8) is 0 Å². The van der Waals surface area contributed by atoms with Crippen LogP contribution in [0.4, 0.5) is 0 Å². The largest absolute Gasteiger partial charge is 0.375 e. The number of guanidine groups is 1. The minimum atomic E-state index is -0.419. The van der Waals surface area contributed by atoms with Gasteiger partial charge >= 0.3 is 0 Å². The second-order valence-electron chi connectivity index (χ2n) is 9.84. The van der Waals surface area contributed by atoms with Crippen molar-refractivity contribution < 1.29 is 14.3 Å². The molecular formula is C30H38N6O3. The van der Waals surface area contributed by atoms with Crippen LogP contribution in [0.2, 0.25) is 0 Å². The van der Waals surface area contributed by atoms with Gasteiger partial charge in [0.25, 0.3) is 5.91 Å². The number of methoxy groups -OCH3 is 1. The Bertz CT molecular complexity index is 1280. The highest BCUT2D eigenvalue weighted by molar-refractivity contribution is 5.98. The number of nitrogens with one attached hydrogen (secondary N) is 2. The van der Waals surface area contributed by atoms with Gasteiger partial charge in [0.05, 0.1) is 18.7 Å². The lowest BCUT2D eigenvalue weighted by atomic mass is 10.1. The second kappa shape index (κ2) is 13.7. The number of rotatable bonds is 11. The van der Waals surface area contributed by atoms with Crippen LogP contribution in [0.25, 0.3) is 10.8 Å². The Morgan fingerprint density at radius 3 is 2.59 bits per heavy atom. The third kappa shape index (κ3) is 7.78. The maximum atomic E-state index is 13.6. The molecule has 1 aliphatic heterocycles. The number of fused-ring (bicyclic) bond motifs is 1. The molecule has 206 valence electrons. The molecular weight excluding hydrogens is 492 g/mol. The monoisotopic (exact) mass is 530 g/mol. The lowest BCUT2D eigenvalue weighted by Crippen LogP contribution is -2.49. The molecule has 0 aromatic heterocycles. The third-order valence-electron chi connectivity index (χ3n) is 7.10. The molecule has 1 aliphatic rings. The highest BCUT2D eigenvalue weighted by Crippen LogP contribution is 2.21.